The predicted octanol–water partition coefficient (Wildman–Crippen LogP) is 4.29. The van der Waals surface area contributed by atoms with Crippen LogP contribution in [0.25, 0.3) is 10.9 Å². The lowest BCUT2D eigenvalue weighted by atomic mass is 10.0. The summed E-state index contributed by atoms with van der Waals surface area (Å²) in [4.78, 5) is 28.5. The number of rotatable bonds is 6. The molecule has 6 nitrogen and oxygen atoms in total. The van der Waals surface area contributed by atoms with E-state index in [1.54, 1.807) is 28.8 Å². The molecule has 2 amide bonds. The molecule has 0 atom stereocenters. The second-order valence-electron chi connectivity index (χ2n) is 8.74. The highest BCUT2D eigenvalue weighted by atomic mass is 35.5. The minimum Gasteiger partial charge on any atom is -0.348 e. The first-order chi connectivity index (χ1) is 15.6. The maximum Gasteiger partial charge on any atom is 0.268 e. The van der Waals surface area contributed by atoms with E-state index in [9.17, 15) is 9.59 Å². The van der Waals surface area contributed by atoms with Gasteiger partial charge in [-0.3, -0.25) is 9.59 Å². The van der Waals surface area contributed by atoms with Gasteiger partial charge in [-0.05, 0) is 62.1 Å². The first-order valence-corrected chi connectivity index (χ1v) is 11.6. The van der Waals surface area contributed by atoms with Gasteiger partial charge in [-0.25, -0.2) is 0 Å². The van der Waals surface area contributed by atoms with E-state index < -0.39 is 0 Å². The van der Waals surface area contributed by atoms with Gasteiger partial charge in [0.15, 0.2) is 0 Å². The van der Waals surface area contributed by atoms with Crippen LogP contribution in [0.3, 0.4) is 0 Å². The smallest absolute Gasteiger partial charge is 0.268 e. The highest BCUT2D eigenvalue weighted by molar-refractivity contribution is 6.30. The summed E-state index contributed by atoms with van der Waals surface area (Å²) in [7, 11) is 0. The van der Waals surface area contributed by atoms with Gasteiger partial charge < -0.3 is 20.1 Å². The molecule has 0 unspecified atom stereocenters. The molecule has 3 aromatic rings. The maximum atomic E-state index is 13.2. The number of hydrogen-bond donors (Lipinski definition) is 2. The number of aromatic nitrogens is 1. The van der Waals surface area contributed by atoms with Crippen molar-refractivity contribution >= 4 is 40.0 Å². The summed E-state index contributed by atoms with van der Waals surface area (Å²) >= 11 is 5.93. The number of nitrogens with zero attached hydrogens (tertiary/aromatic N) is 2. The maximum absolute atomic E-state index is 13.2. The zero-order valence-electron chi connectivity index (χ0n) is 17.9. The van der Waals surface area contributed by atoms with Crippen LogP contribution >= 0.6 is 11.6 Å². The molecule has 2 N–H and O–H groups in total. The molecule has 5 rings (SSSR count). The summed E-state index contributed by atoms with van der Waals surface area (Å²) < 4.78 is 1.80. The van der Waals surface area contributed by atoms with Gasteiger partial charge in [0.2, 0.25) is 5.91 Å². The van der Waals surface area contributed by atoms with Gasteiger partial charge in [0, 0.05) is 46.8 Å². The van der Waals surface area contributed by atoms with Gasteiger partial charge in [0.25, 0.3) is 5.91 Å². The zero-order chi connectivity index (χ0) is 22.1. The zero-order valence-corrected chi connectivity index (χ0v) is 18.6. The highest BCUT2D eigenvalue weighted by Gasteiger charge is 2.32. The molecule has 2 heterocycles. The number of halogens is 1. The third-order valence-corrected chi connectivity index (χ3v) is 6.65. The molecule has 2 aliphatic rings. The molecule has 1 aromatic heterocycles. The number of carbonyl (C=O) groups excluding carboxylic acids is 2. The quantitative estimate of drug-likeness (QED) is 0.588. The molecular weight excluding hydrogens is 424 g/mol. The number of fused-ring (bicyclic) bond motifs is 1. The van der Waals surface area contributed by atoms with E-state index in [2.05, 4.69) is 15.5 Å². The first-order valence-electron chi connectivity index (χ1n) is 11.3. The lowest BCUT2D eigenvalue weighted by Gasteiger charge is -2.32. The van der Waals surface area contributed by atoms with Crippen LogP contribution < -0.4 is 10.6 Å². The number of benzene rings is 2. The molecule has 1 aliphatic heterocycles. The Morgan fingerprint density at radius 1 is 0.969 bits per heavy atom. The van der Waals surface area contributed by atoms with Crippen LogP contribution in [0.5, 0.6) is 0 Å². The van der Waals surface area contributed by atoms with Crippen LogP contribution in [0.15, 0.2) is 54.6 Å². The third kappa shape index (κ3) is 4.66. The lowest BCUT2D eigenvalue weighted by molar-refractivity contribution is -0.116. The lowest BCUT2D eigenvalue weighted by Crippen LogP contribution is -2.45. The summed E-state index contributed by atoms with van der Waals surface area (Å²) in [5.74, 6) is -0.314. The number of hydrogen-bond acceptors (Lipinski definition) is 3. The standard InChI is InChI=1S/C25H27ClN4O2/c26-18-5-7-19(8-6-18)27-24(31)16-30-22-4-2-1-3-17(22)15-23(30)25(32)28-20-11-13-29(14-12-20)21-9-10-21/h1-8,15,20-21H,9-14,16H2,(H,27,31)(H,28,32). The molecule has 2 fully saturated rings. The van der Waals surface area contributed by atoms with Crippen molar-refractivity contribution in [2.45, 2.75) is 44.3 Å². The third-order valence-electron chi connectivity index (χ3n) is 6.40. The van der Waals surface area contributed by atoms with Gasteiger partial charge in [0.1, 0.15) is 12.2 Å². The fourth-order valence-electron chi connectivity index (χ4n) is 4.55. The van der Waals surface area contributed by atoms with Crippen molar-refractivity contribution in [3.63, 3.8) is 0 Å². The minimum absolute atomic E-state index is 0.0546. The minimum atomic E-state index is -0.194. The molecule has 2 aromatic carbocycles. The summed E-state index contributed by atoms with van der Waals surface area (Å²) in [5, 5.41) is 7.66. The van der Waals surface area contributed by atoms with Gasteiger partial charge in [-0.1, -0.05) is 29.8 Å². The van der Waals surface area contributed by atoms with E-state index >= 15 is 0 Å². The Labute approximate surface area is 192 Å². The van der Waals surface area contributed by atoms with Crippen molar-refractivity contribution in [2.24, 2.45) is 0 Å². The van der Waals surface area contributed by atoms with Crippen LogP contribution in [-0.2, 0) is 11.3 Å². The Balaban J connectivity index is 1.31. The monoisotopic (exact) mass is 450 g/mol. The number of likely N-dealkylation sites (tertiary alicyclic amines) is 1. The molecule has 32 heavy (non-hydrogen) atoms. The van der Waals surface area contributed by atoms with Crippen molar-refractivity contribution < 1.29 is 9.59 Å². The average Bonchev–Trinajstić information content (AvgIpc) is 3.58. The average molecular weight is 451 g/mol. The van der Waals surface area contributed by atoms with Crippen molar-refractivity contribution in [2.75, 3.05) is 18.4 Å². The Kier molecular flexibility index (Phi) is 5.89. The normalized spacial score (nSPS) is 17.4. The highest BCUT2D eigenvalue weighted by Crippen LogP contribution is 2.29. The van der Waals surface area contributed by atoms with Crippen LogP contribution in [0.2, 0.25) is 5.02 Å². The van der Waals surface area contributed by atoms with Crippen molar-refractivity contribution in [1.29, 1.82) is 0 Å². The predicted molar refractivity (Wildman–Crippen MR) is 127 cm³/mol. The van der Waals surface area contributed by atoms with E-state index in [0.717, 1.165) is 42.9 Å². The topological polar surface area (TPSA) is 66.4 Å². The van der Waals surface area contributed by atoms with E-state index in [1.807, 2.05) is 30.3 Å². The summed E-state index contributed by atoms with van der Waals surface area (Å²) in [6, 6.07) is 17.6. The van der Waals surface area contributed by atoms with E-state index in [-0.39, 0.29) is 24.4 Å². The van der Waals surface area contributed by atoms with Gasteiger partial charge in [-0.2, -0.15) is 0 Å². The Morgan fingerprint density at radius 2 is 1.69 bits per heavy atom. The van der Waals surface area contributed by atoms with Crippen LogP contribution in [-0.4, -0.2) is 46.5 Å². The van der Waals surface area contributed by atoms with Crippen LogP contribution in [0, 0.1) is 0 Å². The van der Waals surface area contributed by atoms with Gasteiger partial charge in [-0.15, -0.1) is 0 Å². The number of nitrogens with one attached hydrogen (secondary N) is 2. The number of amides is 2. The fourth-order valence-corrected chi connectivity index (χ4v) is 4.68. The van der Waals surface area contributed by atoms with Crippen molar-refractivity contribution in [3.8, 4) is 0 Å². The Hall–Kier alpha value is -2.83. The van der Waals surface area contributed by atoms with E-state index in [1.165, 1.54) is 12.8 Å². The second kappa shape index (κ2) is 8.96. The summed E-state index contributed by atoms with van der Waals surface area (Å²) in [5.41, 5.74) is 2.05. The molecule has 0 bridgehead atoms. The van der Waals surface area contributed by atoms with Gasteiger partial charge >= 0.3 is 0 Å². The summed E-state index contributed by atoms with van der Waals surface area (Å²) in [6.45, 7) is 2.14. The van der Waals surface area contributed by atoms with Crippen molar-refractivity contribution in [1.82, 2.24) is 14.8 Å². The van der Waals surface area contributed by atoms with Gasteiger partial charge in [0.05, 0.1) is 0 Å². The fraction of sp³-hybridized carbons (Fsp3) is 0.360. The Morgan fingerprint density at radius 3 is 2.41 bits per heavy atom. The molecule has 7 heteroatoms. The summed E-state index contributed by atoms with van der Waals surface area (Å²) in [6.07, 6.45) is 4.57. The molecule has 1 saturated carbocycles. The van der Waals surface area contributed by atoms with E-state index in [0.29, 0.717) is 16.4 Å². The number of piperidine rings is 1. The number of para-hydroxylation sites is 1. The SMILES string of the molecule is O=C(Cn1c(C(=O)NC2CCN(C3CC3)CC2)cc2ccccc21)Nc1ccc(Cl)cc1. The largest absolute Gasteiger partial charge is 0.348 e. The van der Waals surface area contributed by atoms with Crippen LogP contribution in [0.4, 0.5) is 5.69 Å². The van der Waals surface area contributed by atoms with E-state index in [4.69, 9.17) is 11.6 Å². The Bertz CT molecular complexity index is 1130. The first kappa shape index (κ1) is 21.0. The molecule has 0 radical (unpaired) electrons. The molecule has 1 aliphatic carbocycles. The van der Waals surface area contributed by atoms with Crippen LogP contribution in [0.1, 0.15) is 36.2 Å². The second-order valence-corrected chi connectivity index (χ2v) is 9.18. The molecular formula is C25H27ClN4O2. The molecule has 0 spiro atoms. The molecule has 1 saturated heterocycles. The molecule has 166 valence electrons. The number of anilines is 1. The van der Waals surface area contributed by atoms with Crippen molar-refractivity contribution in [3.05, 3.63) is 65.3 Å². The number of carbonyl (C=O) groups is 2.